The first-order valence-electron chi connectivity index (χ1n) is 7.70. The summed E-state index contributed by atoms with van der Waals surface area (Å²) < 4.78 is 4.75. The molecular formula is C20H21N2P. The van der Waals surface area contributed by atoms with Crippen LogP contribution in [0.25, 0.3) is 0 Å². The van der Waals surface area contributed by atoms with Crippen LogP contribution in [0.2, 0.25) is 0 Å². The molecule has 1 atom stereocenters. The van der Waals surface area contributed by atoms with Crippen molar-refractivity contribution in [1.82, 2.24) is 4.67 Å². The highest BCUT2D eigenvalue weighted by Crippen LogP contribution is 2.49. The average molecular weight is 320 g/mol. The zero-order valence-corrected chi connectivity index (χ0v) is 14.4. The summed E-state index contributed by atoms with van der Waals surface area (Å²) >= 11 is 0. The van der Waals surface area contributed by atoms with Gasteiger partial charge in [0.25, 0.3) is 0 Å². The lowest BCUT2D eigenvalue weighted by atomic mass is 10.3. The Morgan fingerprint density at radius 1 is 0.565 bits per heavy atom. The van der Waals surface area contributed by atoms with Gasteiger partial charge in [0.1, 0.15) is 8.22 Å². The van der Waals surface area contributed by atoms with Crippen LogP contribution in [0, 0.1) is 0 Å². The van der Waals surface area contributed by atoms with E-state index in [-0.39, 0.29) is 0 Å². The SMILES string of the molecule is CN(C)P(c1ccccc1)N(c1ccccc1)c1ccccc1. The van der Waals surface area contributed by atoms with Gasteiger partial charge in [-0.2, -0.15) is 0 Å². The zero-order chi connectivity index (χ0) is 16.1. The molecule has 0 bridgehead atoms. The van der Waals surface area contributed by atoms with E-state index in [1.165, 1.54) is 16.7 Å². The third-order valence-electron chi connectivity index (χ3n) is 3.56. The maximum absolute atomic E-state index is 2.44. The smallest absolute Gasteiger partial charge is 0.105 e. The van der Waals surface area contributed by atoms with Gasteiger partial charge < -0.3 is 4.67 Å². The molecule has 0 aliphatic heterocycles. The minimum atomic E-state index is -0.664. The van der Waals surface area contributed by atoms with E-state index >= 15 is 0 Å². The van der Waals surface area contributed by atoms with Crippen LogP contribution in [0.4, 0.5) is 11.4 Å². The van der Waals surface area contributed by atoms with Crippen LogP contribution in [-0.4, -0.2) is 18.8 Å². The Morgan fingerprint density at radius 3 is 1.35 bits per heavy atom. The lowest BCUT2D eigenvalue weighted by Gasteiger charge is -2.37. The van der Waals surface area contributed by atoms with Crippen molar-refractivity contribution in [2.45, 2.75) is 0 Å². The summed E-state index contributed by atoms with van der Waals surface area (Å²) in [6.07, 6.45) is 0. The van der Waals surface area contributed by atoms with Crippen LogP contribution in [0.3, 0.4) is 0 Å². The molecule has 0 aromatic heterocycles. The van der Waals surface area contributed by atoms with Crippen molar-refractivity contribution in [2.75, 3.05) is 18.8 Å². The van der Waals surface area contributed by atoms with Crippen molar-refractivity contribution in [3.8, 4) is 0 Å². The summed E-state index contributed by atoms with van der Waals surface area (Å²) in [5.74, 6) is 0. The fourth-order valence-electron chi connectivity index (χ4n) is 2.59. The highest BCUT2D eigenvalue weighted by molar-refractivity contribution is 7.65. The van der Waals surface area contributed by atoms with E-state index in [4.69, 9.17) is 0 Å². The maximum Gasteiger partial charge on any atom is 0.105 e. The van der Waals surface area contributed by atoms with Crippen LogP contribution in [0.5, 0.6) is 0 Å². The third-order valence-corrected chi connectivity index (χ3v) is 5.92. The van der Waals surface area contributed by atoms with Crippen LogP contribution in [-0.2, 0) is 0 Å². The Kier molecular flexibility index (Phi) is 5.07. The number of anilines is 2. The third kappa shape index (κ3) is 3.61. The number of nitrogens with zero attached hydrogens (tertiary/aromatic N) is 2. The Balaban J connectivity index is 2.13. The molecule has 0 saturated heterocycles. The Hall–Kier alpha value is -2.15. The van der Waals surface area contributed by atoms with E-state index < -0.39 is 8.22 Å². The van der Waals surface area contributed by atoms with E-state index in [0.29, 0.717) is 0 Å². The largest absolute Gasteiger partial charge is 0.303 e. The molecule has 0 aliphatic carbocycles. The van der Waals surface area contributed by atoms with E-state index in [1.807, 2.05) is 0 Å². The fourth-order valence-corrected chi connectivity index (χ4v) is 4.79. The summed E-state index contributed by atoms with van der Waals surface area (Å²) in [4.78, 5) is 0. The van der Waals surface area contributed by atoms with Crippen LogP contribution < -0.4 is 9.97 Å². The van der Waals surface area contributed by atoms with Crippen LogP contribution >= 0.6 is 8.22 Å². The molecule has 3 heteroatoms. The quantitative estimate of drug-likeness (QED) is 0.609. The van der Waals surface area contributed by atoms with Gasteiger partial charge in [-0.3, -0.25) is 4.67 Å². The highest BCUT2D eigenvalue weighted by Gasteiger charge is 2.24. The molecule has 0 spiro atoms. The molecule has 1 unspecified atom stereocenters. The van der Waals surface area contributed by atoms with E-state index in [0.717, 1.165) is 0 Å². The Morgan fingerprint density at radius 2 is 0.957 bits per heavy atom. The fraction of sp³-hybridized carbons (Fsp3) is 0.100. The number of hydrogen-bond donors (Lipinski definition) is 0. The molecule has 0 radical (unpaired) electrons. The molecule has 116 valence electrons. The summed E-state index contributed by atoms with van der Waals surface area (Å²) in [6.45, 7) is 0. The summed E-state index contributed by atoms with van der Waals surface area (Å²) in [7, 11) is 3.64. The first-order chi connectivity index (χ1) is 11.3. The van der Waals surface area contributed by atoms with Crippen molar-refractivity contribution in [1.29, 1.82) is 0 Å². The standard InChI is InChI=1S/C20H21N2P/c1-21(2)23(20-16-10-5-11-17-20)22(18-12-6-3-7-13-18)19-14-8-4-9-15-19/h3-17H,1-2H3. The predicted octanol–water partition coefficient (Wildman–Crippen LogP) is 5.02. The molecule has 0 saturated carbocycles. The second-order valence-corrected chi connectivity index (χ2v) is 7.75. The van der Waals surface area contributed by atoms with Gasteiger partial charge in [-0.15, -0.1) is 0 Å². The molecule has 3 rings (SSSR count). The molecule has 0 N–H and O–H groups in total. The Bertz CT molecular complexity index is 675. The van der Waals surface area contributed by atoms with Gasteiger partial charge in [-0.05, 0) is 38.4 Å². The summed E-state index contributed by atoms with van der Waals surface area (Å²) in [5.41, 5.74) is 2.42. The van der Waals surface area contributed by atoms with Crippen molar-refractivity contribution in [3.05, 3.63) is 91.0 Å². The van der Waals surface area contributed by atoms with E-state index in [9.17, 15) is 0 Å². The predicted molar refractivity (Wildman–Crippen MR) is 102 cm³/mol. The first-order valence-corrected chi connectivity index (χ1v) is 8.94. The lowest BCUT2D eigenvalue weighted by molar-refractivity contribution is 0.681. The van der Waals surface area contributed by atoms with Crippen molar-refractivity contribution in [3.63, 3.8) is 0 Å². The second kappa shape index (κ2) is 7.41. The monoisotopic (exact) mass is 320 g/mol. The van der Waals surface area contributed by atoms with Crippen LogP contribution in [0.15, 0.2) is 91.0 Å². The van der Waals surface area contributed by atoms with Crippen molar-refractivity contribution < 1.29 is 0 Å². The zero-order valence-electron chi connectivity index (χ0n) is 13.5. The van der Waals surface area contributed by atoms with E-state index in [1.54, 1.807) is 0 Å². The summed E-state index contributed by atoms with van der Waals surface area (Å²) in [6, 6.07) is 31.9. The lowest BCUT2D eigenvalue weighted by Crippen LogP contribution is -2.26. The number of para-hydroxylation sites is 2. The molecule has 3 aromatic rings. The molecule has 2 nitrogen and oxygen atoms in total. The normalized spacial score (nSPS) is 12.1. The van der Waals surface area contributed by atoms with Gasteiger partial charge >= 0.3 is 0 Å². The molecule has 23 heavy (non-hydrogen) atoms. The van der Waals surface area contributed by atoms with E-state index in [2.05, 4.69) is 114 Å². The molecule has 0 heterocycles. The molecule has 3 aromatic carbocycles. The van der Waals surface area contributed by atoms with Crippen LogP contribution in [0.1, 0.15) is 0 Å². The van der Waals surface area contributed by atoms with Crippen molar-refractivity contribution in [2.24, 2.45) is 0 Å². The van der Waals surface area contributed by atoms with Gasteiger partial charge in [-0.1, -0.05) is 66.7 Å². The van der Waals surface area contributed by atoms with Crippen molar-refractivity contribution >= 4 is 24.9 Å². The molecular weight excluding hydrogens is 299 g/mol. The minimum Gasteiger partial charge on any atom is -0.303 e. The molecule has 0 amide bonds. The maximum atomic E-state index is 2.44. The van der Waals surface area contributed by atoms with Gasteiger partial charge in [0.15, 0.2) is 0 Å². The van der Waals surface area contributed by atoms with Gasteiger partial charge in [0, 0.05) is 16.7 Å². The summed E-state index contributed by atoms with van der Waals surface area (Å²) in [5, 5.41) is 1.33. The number of hydrogen-bond acceptors (Lipinski definition) is 2. The first kappa shape index (κ1) is 15.7. The van der Waals surface area contributed by atoms with Gasteiger partial charge in [0.2, 0.25) is 0 Å². The highest BCUT2D eigenvalue weighted by atomic mass is 31.1. The molecule has 0 aliphatic rings. The van der Waals surface area contributed by atoms with Gasteiger partial charge in [-0.25, -0.2) is 0 Å². The minimum absolute atomic E-state index is 0.664. The van der Waals surface area contributed by atoms with Gasteiger partial charge in [0.05, 0.1) is 0 Å². The Labute approximate surface area is 139 Å². The second-order valence-electron chi connectivity index (χ2n) is 5.46. The topological polar surface area (TPSA) is 6.48 Å². The molecule has 0 fully saturated rings. The average Bonchev–Trinajstić information content (AvgIpc) is 2.61. The number of benzene rings is 3. The number of rotatable bonds is 5.